The van der Waals surface area contributed by atoms with Gasteiger partial charge in [-0.1, -0.05) is 19.1 Å². The number of hydrogen-bond acceptors (Lipinski definition) is 2. The van der Waals surface area contributed by atoms with E-state index < -0.39 is 0 Å². The lowest BCUT2D eigenvalue weighted by Gasteiger charge is -2.35. The fourth-order valence-electron chi connectivity index (χ4n) is 3.01. The van der Waals surface area contributed by atoms with Crippen LogP contribution in [-0.4, -0.2) is 24.3 Å². The number of rotatable bonds is 0. The van der Waals surface area contributed by atoms with E-state index in [4.69, 9.17) is 4.74 Å². The Hall–Kier alpha value is -0.340. The first-order chi connectivity index (χ1) is 5.66. The second-order valence-corrected chi connectivity index (χ2v) is 4.63. The van der Waals surface area contributed by atoms with Crippen LogP contribution < -0.4 is 5.32 Å². The van der Waals surface area contributed by atoms with Crippen molar-refractivity contribution in [3.8, 4) is 0 Å². The molecule has 12 heavy (non-hydrogen) atoms. The molecule has 0 aromatic rings. The summed E-state index contributed by atoms with van der Waals surface area (Å²) in [5.41, 5.74) is 0.378. The van der Waals surface area contributed by atoms with E-state index in [0.717, 1.165) is 6.54 Å². The molecule has 0 aromatic carbocycles. The smallest absolute Gasteiger partial charge is 0.106 e. The Kier molecular flexibility index (Phi) is 1.05. The largest absolute Gasteiger partial charge is 0.362 e. The van der Waals surface area contributed by atoms with E-state index in [2.05, 4.69) is 31.3 Å². The average Bonchev–Trinajstić information content (AvgIpc) is 2.61. The van der Waals surface area contributed by atoms with Crippen LogP contribution in [0.5, 0.6) is 0 Å². The maximum Gasteiger partial charge on any atom is 0.106 e. The third kappa shape index (κ3) is 0.539. The van der Waals surface area contributed by atoms with Crippen LogP contribution in [0.3, 0.4) is 0 Å². The molecule has 0 amide bonds. The van der Waals surface area contributed by atoms with E-state index >= 15 is 0 Å². The van der Waals surface area contributed by atoms with E-state index in [1.54, 1.807) is 0 Å². The molecule has 0 radical (unpaired) electrons. The van der Waals surface area contributed by atoms with Gasteiger partial charge in [0.1, 0.15) is 5.60 Å². The van der Waals surface area contributed by atoms with Crippen molar-refractivity contribution >= 4 is 0 Å². The maximum atomic E-state index is 5.98. The molecule has 2 heteroatoms. The summed E-state index contributed by atoms with van der Waals surface area (Å²) in [6.07, 6.45) is 6.09. The molecule has 2 fully saturated rings. The Morgan fingerprint density at radius 2 is 2.42 bits per heavy atom. The second kappa shape index (κ2) is 1.78. The van der Waals surface area contributed by atoms with Crippen molar-refractivity contribution in [1.82, 2.24) is 5.32 Å². The third-order valence-corrected chi connectivity index (χ3v) is 4.16. The van der Waals surface area contributed by atoms with Crippen molar-refractivity contribution in [3.05, 3.63) is 12.2 Å². The first-order valence-corrected chi connectivity index (χ1v) is 4.77. The van der Waals surface area contributed by atoms with Crippen LogP contribution in [0.4, 0.5) is 0 Å². The average molecular weight is 165 g/mol. The van der Waals surface area contributed by atoms with E-state index in [9.17, 15) is 0 Å². The van der Waals surface area contributed by atoms with Crippen LogP contribution in [0.2, 0.25) is 0 Å². The summed E-state index contributed by atoms with van der Waals surface area (Å²) in [7, 11) is 0. The molecule has 3 rings (SSSR count). The summed E-state index contributed by atoms with van der Waals surface area (Å²) in [6.45, 7) is 5.62. The van der Waals surface area contributed by atoms with Crippen molar-refractivity contribution in [1.29, 1.82) is 0 Å². The summed E-state index contributed by atoms with van der Waals surface area (Å²) in [5, 5.41) is 3.50. The molecule has 3 heterocycles. The monoisotopic (exact) mass is 165 g/mol. The molecule has 1 N–H and O–H groups in total. The highest BCUT2D eigenvalue weighted by molar-refractivity contribution is 5.30. The third-order valence-electron chi connectivity index (χ3n) is 4.16. The van der Waals surface area contributed by atoms with Crippen molar-refractivity contribution in [2.45, 2.75) is 38.0 Å². The van der Waals surface area contributed by atoms with Crippen molar-refractivity contribution < 1.29 is 4.74 Å². The second-order valence-electron chi connectivity index (χ2n) is 4.63. The Bertz CT molecular complexity index is 263. The fraction of sp³-hybridized carbons (Fsp3) is 0.800. The highest BCUT2D eigenvalue weighted by atomic mass is 16.5. The summed E-state index contributed by atoms with van der Waals surface area (Å²) < 4.78 is 5.98. The number of fused-ring (bicyclic) bond motifs is 1. The number of nitrogens with one attached hydrogen (secondary N) is 1. The summed E-state index contributed by atoms with van der Waals surface area (Å²) >= 11 is 0. The van der Waals surface area contributed by atoms with Gasteiger partial charge in [0.25, 0.3) is 0 Å². The summed E-state index contributed by atoms with van der Waals surface area (Å²) in [6, 6.07) is 0.590. The quantitative estimate of drug-likeness (QED) is 0.542. The SMILES string of the molecule is C[C@H]1NC[C@]23C=C[C@H](C[C@@]12C)O3. The molecule has 0 aromatic heterocycles. The van der Waals surface area contributed by atoms with Crippen LogP contribution in [0, 0.1) is 5.41 Å². The fourth-order valence-corrected chi connectivity index (χ4v) is 3.01. The Morgan fingerprint density at radius 1 is 1.58 bits per heavy atom. The predicted molar refractivity (Wildman–Crippen MR) is 46.9 cm³/mol. The van der Waals surface area contributed by atoms with Gasteiger partial charge in [0.15, 0.2) is 0 Å². The van der Waals surface area contributed by atoms with Crippen LogP contribution in [-0.2, 0) is 4.74 Å². The molecule has 2 bridgehead atoms. The predicted octanol–water partition coefficient (Wildman–Crippen LogP) is 1.08. The number of ether oxygens (including phenoxy) is 1. The van der Waals surface area contributed by atoms with Gasteiger partial charge in [-0.3, -0.25) is 0 Å². The normalized spacial score (nSPS) is 61.2. The molecule has 66 valence electrons. The molecular weight excluding hydrogens is 150 g/mol. The van der Waals surface area contributed by atoms with E-state index in [0.29, 0.717) is 17.6 Å². The van der Waals surface area contributed by atoms with Gasteiger partial charge in [-0.2, -0.15) is 0 Å². The Labute approximate surface area is 73.0 Å². The van der Waals surface area contributed by atoms with Gasteiger partial charge in [-0.25, -0.2) is 0 Å². The van der Waals surface area contributed by atoms with Gasteiger partial charge in [-0.05, 0) is 13.3 Å². The summed E-state index contributed by atoms with van der Waals surface area (Å²) in [5.74, 6) is 0. The standard InChI is InChI=1S/C10H15NO/c1-7-9(2)5-8-3-4-10(9,12-8)6-11-7/h3-4,7-8,11H,5-6H2,1-2H3/t7-,8-,9+,10-/m1/s1. The minimum Gasteiger partial charge on any atom is -0.362 e. The van der Waals surface area contributed by atoms with Crippen LogP contribution in [0.1, 0.15) is 20.3 Å². The highest BCUT2D eigenvalue weighted by Gasteiger charge is 2.63. The number of hydrogen-bond donors (Lipinski definition) is 1. The topological polar surface area (TPSA) is 21.3 Å². The van der Waals surface area contributed by atoms with E-state index in [1.165, 1.54) is 6.42 Å². The first-order valence-electron chi connectivity index (χ1n) is 4.77. The lowest BCUT2D eigenvalue weighted by atomic mass is 9.69. The summed E-state index contributed by atoms with van der Waals surface area (Å²) in [4.78, 5) is 0. The molecule has 4 atom stereocenters. The van der Waals surface area contributed by atoms with Gasteiger partial charge < -0.3 is 10.1 Å². The minimum absolute atomic E-state index is 0.0388. The van der Waals surface area contributed by atoms with Crippen LogP contribution in [0.25, 0.3) is 0 Å². The molecule has 0 aliphatic carbocycles. The van der Waals surface area contributed by atoms with Gasteiger partial charge in [0.05, 0.1) is 6.10 Å². The van der Waals surface area contributed by atoms with Crippen molar-refractivity contribution in [2.24, 2.45) is 5.41 Å². The van der Waals surface area contributed by atoms with Gasteiger partial charge in [-0.15, -0.1) is 0 Å². The maximum absolute atomic E-state index is 5.98. The van der Waals surface area contributed by atoms with E-state index in [1.807, 2.05) is 0 Å². The van der Waals surface area contributed by atoms with Crippen molar-refractivity contribution in [3.63, 3.8) is 0 Å². The highest BCUT2D eigenvalue weighted by Crippen LogP contribution is 2.56. The lowest BCUT2D eigenvalue weighted by Crippen LogP contribution is -2.42. The molecule has 2 nitrogen and oxygen atoms in total. The Morgan fingerprint density at radius 3 is 3.08 bits per heavy atom. The Balaban J connectivity index is 2.12. The molecule has 2 saturated heterocycles. The minimum atomic E-state index is 0.0388. The van der Waals surface area contributed by atoms with Crippen molar-refractivity contribution in [2.75, 3.05) is 6.54 Å². The zero-order chi connectivity index (χ0) is 8.40. The molecule has 1 spiro atoms. The zero-order valence-electron chi connectivity index (χ0n) is 7.63. The van der Waals surface area contributed by atoms with Gasteiger partial charge in [0, 0.05) is 18.0 Å². The molecule has 0 unspecified atom stereocenters. The molecular formula is C10H15NO. The first kappa shape index (κ1) is 7.10. The van der Waals surface area contributed by atoms with Crippen LogP contribution in [0.15, 0.2) is 12.2 Å². The zero-order valence-corrected chi connectivity index (χ0v) is 7.63. The van der Waals surface area contributed by atoms with Crippen LogP contribution >= 0.6 is 0 Å². The van der Waals surface area contributed by atoms with Gasteiger partial charge in [0.2, 0.25) is 0 Å². The van der Waals surface area contributed by atoms with Gasteiger partial charge >= 0.3 is 0 Å². The molecule has 3 aliphatic heterocycles. The van der Waals surface area contributed by atoms with E-state index in [-0.39, 0.29) is 5.60 Å². The lowest BCUT2D eigenvalue weighted by molar-refractivity contribution is 0.00752. The molecule has 0 saturated carbocycles. The molecule has 3 aliphatic rings.